The Balaban J connectivity index is 2.00. The first kappa shape index (κ1) is 20.3. The maximum Gasteiger partial charge on any atom is 0.387 e. The van der Waals surface area contributed by atoms with Gasteiger partial charge < -0.3 is 10.1 Å². The Morgan fingerprint density at radius 1 is 1.27 bits per heavy atom. The molecule has 0 aliphatic rings. The minimum Gasteiger partial charge on any atom is -0.435 e. The maximum atomic E-state index is 13.8. The lowest BCUT2D eigenvalue weighted by molar-refractivity contribution is -0.120. The maximum absolute atomic E-state index is 13.8. The van der Waals surface area contributed by atoms with Crippen LogP contribution in [0.25, 0.3) is 0 Å². The molecule has 4 nitrogen and oxygen atoms in total. The number of alkyl halides is 2. The Morgan fingerprint density at radius 2 is 2.00 bits per heavy atom. The van der Waals surface area contributed by atoms with Crippen molar-refractivity contribution in [1.29, 1.82) is 0 Å². The van der Waals surface area contributed by atoms with Crippen molar-refractivity contribution >= 4 is 27.5 Å². The topological polar surface area (TPSA) is 41.6 Å². The molecule has 0 bridgehead atoms. The molecule has 0 aliphatic heterocycles. The van der Waals surface area contributed by atoms with E-state index in [1.165, 1.54) is 24.3 Å². The number of hydrogen-bond acceptors (Lipinski definition) is 3. The van der Waals surface area contributed by atoms with Gasteiger partial charge in [-0.3, -0.25) is 9.69 Å². The van der Waals surface area contributed by atoms with Crippen molar-refractivity contribution in [3.8, 4) is 5.75 Å². The molecule has 26 heavy (non-hydrogen) atoms. The molecule has 0 saturated carbocycles. The molecule has 0 saturated heterocycles. The molecular formula is C18H18BrF3N2O2. The minimum absolute atomic E-state index is 0.0555. The summed E-state index contributed by atoms with van der Waals surface area (Å²) in [5.41, 5.74) is 0.797. The van der Waals surface area contributed by atoms with Crippen molar-refractivity contribution in [3.63, 3.8) is 0 Å². The number of halogens is 4. The second-order valence-corrected chi connectivity index (χ2v) is 6.65. The van der Waals surface area contributed by atoms with E-state index in [4.69, 9.17) is 0 Å². The number of hydrogen-bond donors (Lipinski definition) is 1. The predicted molar refractivity (Wildman–Crippen MR) is 96.7 cm³/mol. The second kappa shape index (κ2) is 9.05. The fourth-order valence-corrected chi connectivity index (χ4v) is 2.61. The highest BCUT2D eigenvalue weighted by Gasteiger charge is 2.19. The van der Waals surface area contributed by atoms with Gasteiger partial charge in [0.1, 0.15) is 11.6 Å². The summed E-state index contributed by atoms with van der Waals surface area (Å²) < 4.78 is 43.4. The zero-order valence-electron chi connectivity index (χ0n) is 14.2. The Kier molecular flexibility index (Phi) is 7.05. The van der Waals surface area contributed by atoms with Gasteiger partial charge in [-0.25, -0.2) is 4.39 Å². The molecule has 0 spiro atoms. The highest BCUT2D eigenvalue weighted by molar-refractivity contribution is 9.10. The SMILES string of the molecule is CC(C(=O)Nc1ccc(Br)cc1F)N(C)Cc1cccc(OC(F)F)c1. The number of likely N-dealkylation sites (N-methyl/N-ethyl adjacent to an activating group) is 1. The summed E-state index contributed by atoms with van der Waals surface area (Å²) in [5.74, 6) is -0.868. The molecule has 0 aliphatic carbocycles. The van der Waals surface area contributed by atoms with Gasteiger partial charge in [0.15, 0.2) is 0 Å². The largest absolute Gasteiger partial charge is 0.435 e. The number of benzene rings is 2. The Bertz CT molecular complexity index is 774. The zero-order valence-corrected chi connectivity index (χ0v) is 15.8. The summed E-state index contributed by atoms with van der Waals surface area (Å²) in [5, 5.41) is 2.54. The first-order chi connectivity index (χ1) is 12.3. The van der Waals surface area contributed by atoms with Gasteiger partial charge in [-0.1, -0.05) is 28.1 Å². The average Bonchev–Trinajstić information content (AvgIpc) is 2.56. The van der Waals surface area contributed by atoms with Crippen molar-refractivity contribution in [2.24, 2.45) is 0 Å². The first-order valence-corrected chi connectivity index (χ1v) is 8.55. The summed E-state index contributed by atoms with van der Waals surface area (Å²) in [6.07, 6.45) is 0. The van der Waals surface area contributed by atoms with E-state index in [9.17, 15) is 18.0 Å². The fourth-order valence-electron chi connectivity index (χ4n) is 2.27. The molecule has 1 amide bonds. The van der Waals surface area contributed by atoms with Gasteiger partial charge in [0, 0.05) is 11.0 Å². The standard InChI is InChI=1S/C18H18BrF3N2O2/c1-11(17(25)23-16-7-6-13(19)9-15(16)20)24(2)10-12-4-3-5-14(8-12)26-18(21)22/h3-9,11,18H,10H2,1-2H3,(H,23,25). The number of anilines is 1. The van der Waals surface area contributed by atoms with E-state index in [1.54, 1.807) is 37.1 Å². The molecule has 1 unspecified atom stereocenters. The highest BCUT2D eigenvalue weighted by Crippen LogP contribution is 2.21. The minimum atomic E-state index is -2.89. The van der Waals surface area contributed by atoms with Crippen molar-refractivity contribution < 1.29 is 22.7 Å². The lowest BCUT2D eigenvalue weighted by Crippen LogP contribution is -2.39. The van der Waals surface area contributed by atoms with E-state index in [-0.39, 0.29) is 17.3 Å². The number of carbonyl (C=O) groups excluding carboxylic acids is 1. The number of nitrogens with one attached hydrogen (secondary N) is 1. The van der Waals surface area contributed by atoms with Gasteiger partial charge >= 0.3 is 6.61 Å². The van der Waals surface area contributed by atoms with Crippen molar-refractivity contribution in [2.45, 2.75) is 26.1 Å². The van der Waals surface area contributed by atoms with Crippen LogP contribution in [0.5, 0.6) is 5.75 Å². The van der Waals surface area contributed by atoms with E-state index < -0.39 is 18.5 Å². The highest BCUT2D eigenvalue weighted by atomic mass is 79.9. The van der Waals surface area contributed by atoms with Crippen LogP contribution < -0.4 is 10.1 Å². The molecule has 0 fully saturated rings. The van der Waals surface area contributed by atoms with Crippen LogP contribution in [-0.2, 0) is 11.3 Å². The van der Waals surface area contributed by atoms with Crippen molar-refractivity contribution in [1.82, 2.24) is 4.90 Å². The van der Waals surface area contributed by atoms with Crippen LogP contribution in [0.1, 0.15) is 12.5 Å². The molecule has 0 heterocycles. The summed E-state index contributed by atoms with van der Waals surface area (Å²) in [6, 6.07) is 10.0. The van der Waals surface area contributed by atoms with Crippen LogP contribution in [0.15, 0.2) is 46.9 Å². The smallest absolute Gasteiger partial charge is 0.387 e. The molecule has 140 valence electrons. The van der Waals surface area contributed by atoms with Gasteiger partial charge in [-0.05, 0) is 49.9 Å². The van der Waals surface area contributed by atoms with Gasteiger partial charge in [0.05, 0.1) is 11.7 Å². The molecule has 2 aromatic rings. The quantitative estimate of drug-likeness (QED) is 0.694. The summed E-state index contributed by atoms with van der Waals surface area (Å²) >= 11 is 3.15. The van der Waals surface area contributed by atoms with Crippen molar-refractivity contribution in [3.05, 3.63) is 58.3 Å². The van der Waals surface area contributed by atoms with E-state index in [1.807, 2.05) is 0 Å². The van der Waals surface area contributed by atoms with Crippen molar-refractivity contribution in [2.75, 3.05) is 12.4 Å². The molecule has 2 rings (SSSR count). The molecule has 0 radical (unpaired) electrons. The van der Waals surface area contributed by atoms with Crippen LogP contribution in [0.3, 0.4) is 0 Å². The second-order valence-electron chi connectivity index (χ2n) is 5.73. The fraction of sp³-hybridized carbons (Fsp3) is 0.278. The van der Waals surface area contributed by atoms with Gasteiger partial charge in [-0.15, -0.1) is 0 Å². The van der Waals surface area contributed by atoms with Crippen LogP contribution in [0, 0.1) is 5.82 Å². The molecule has 0 aromatic heterocycles. The normalized spacial score (nSPS) is 12.3. The first-order valence-electron chi connectivity index (χ1n) is 7.76. The summed E-state index contributed by atoms with van der Waals surface area (Å²) in [4.78, 5) is 14.1. The van der Waals surface area contributed by atoms with Gasteiger partial charge in [0.25, 0.3) is 0 Å². The van der Waals surface area contributed by atoms with E-state index in [0.717, 1.165) is 0 Å². The van der Waals surface area contributed by atoms with E-state index in [2.05, 4.69) is 26.0 Å². The van der Waals surface area contributed by atoms with Gasteiger partial charge in [-0.2, -0.15) is 8.78 Å². The Morgan fingerprint density at radius 3 is 2.65 bits per heavy atom. The number of nitrogens with zero attached hydrogens (tertiary/aromatic N) is 1. The third-order valence-electron chi connectivity index (χ3n) is 3.79. The van der Waals surface area contributed by atoms with Crippen LogP contribution in [0.2, 0.25) is 0 Å². The average molecular weight is 431 g/mol. The molecule has 1 N–H and O–H groups in total. The molecule has 1 atom stereocenters. The monoisotopic (exact) mass is 430 g/mol. The Hall–Kier alpha value is -2.06. The van der Waals surface area contributed by atoms with E-state index in [0.29, 0.717) is 16.6 Å². The number of amides is 1. The van der Waals surface area contributed by atoms with Crippen LogP contribution in [-0.4, -0.2) is 30.5 Å². The van der Waals surface area contributed by atoms with E-state index >= 15 is 0 Å². The van der Waals surface area contributed by atoms with Crippen LogP contribution in [0.4, 0.5) is 18.9 Å². The lowest BCUT2D eigenvalue weighted by Gasteiger charge is -2.24. The third-order valence-corrected chi connectivity index (χ3v) is 4.28. The number of rotatable bonds is 7. The predicted octanol–water partition coefficient (Wildman–Crippen LogP) is 4.65. The molecular weight excluding hydrogens is 413 g/mol. The summed E-state index contributed by atoms with van der Waals surface area (Å²) in [7, 11) is 1.71. The van der Waals surface area contributed by atoms with Crippen LogP contribution >= 0.6 is 15.9 Å². The Labute approximate surface area is 158 Å². The third kappa shape index (κ3) is 5.74. The zero-order chi connectivity index (χ0) is 19.3. The summed E-state index contributed by atoms with van der Waals surface area (Å²) in [6.45, 7) is -0.891. The lowest BCUT2D eigenvalue weighted by atomic mass is 10.1. The van der Waals surface area contributed by atoms with Gasteiger partial charge in [0.2, 0.25) is 5.91 Å². The number of carbonyl (C=O) groups is 1. The number of ether oxygens (including phenoxy) is 1. The molecule has 2 aromatic carbocycles. The molecule has 8 heteroatoms.